The predicted molar refractivity (Wildman–Crippen MR) is 84.4 cm³/mol. The van der Waals surface area contributed by atoms with Crippen molar-refractivity contribution in [2.75, 3.05) is 39.3 Å². The van der Waals surface area contributed by atoms with Gasteiger partial charge in [0.25, 0.3) is 0 Å². The van der Waals surface area contributed by atoms with Crippen molar-refractivity contribution in [1.29, 1.82) is 0 Å². The van der Waals surface area contributed by atoms with E-state index in [2.05, 4.69) is 10.2 Å². The maximum atomic E-state index is 12.0. The molecule has 2 heterocycles. The minimum Gasteiger partial charge on any atom is -0.396 e. The van der Waals surface area contributed by atoms with Crippen molar-refractivity contribution in [2.24, 2.45) is 0 Å². The molecule has 6 nitrogen and oxygen atoms in total. The van der Waals surface area contributed by atoms with Gasteiger partial charge in [-0.05, 0) is 38.6 Å². The van der Waals surface area contributed by atoms with Crippen LogP contribution < -0.4 is 5.32 Å². The zero-order valence-corrected chi connectivity index (χ0v) is 13.4. The fourth-order valence-corrected chi connectivity index (χ4v) is 3.42. The van der Waals surface area contributed by atoms with Gasteiger partial charge in [-0.25, -0.2) is 0 Å². The molecule has 1 atom stereocenters. The average molecular weight is 311 g/mol. The van der Waals surface area contributed by atoms with Crippen LogP contribution in [0.4, 0.5) is 0 Å². The molecule has 6 heteroatoms. The van der Waals surface area contributed by atoms with Crippen LogP contribution in [0.1, 0.15) is 44.9 Å². The standard InChI is InChI=1S/C16H29N3O3/c20-12-7-14-5-1-2-9-19(14)13-15(21)17-8-4-11-18-10-3-6-16(18)22/h14,20H,1-13H2,(H,17,21). The number of nitrogens with one attached hydrogen (secondary N) is 1. The summed E-state index contributed by atoms with van der Waals surface area (Å²) in [5.74, 6) is 0.295. The highest BCUT2D eigenvalue weighted by Crippen LogP contribution is 2.18. The van der Waals surface area contributed by atoms with E-state index in [4.69, 9.17) is 5.11 Å². The van der Waals surface area contributed by atoms with Gasteiger partial charge in [-0.1, -0.05) is 6.42 Å². The van der Waals surface area contributed by atoms with E-state index < -0.39 is 0 Å². The third kappa shape index (κ3) is 5.25. The van der Waals surface area contributed by atoms with Crippen LogP contribution in [-0.2, 0) is 9.59 Å². The summed E-state index contributed by atoms with van der Waals surface area (Å²) in [4.78, 5) is 27.6. The van der Waals surface area contributed by atoms with Crippen LogP contribution in [0.3, 0.4) is 0 Å². The Hall–Kier alpha value is -1.14. The first-order valence-electron chi connectivity index (χ1n) is 8.60. The van der Waals surface area contributed by atoms with E-state index in [9.17, 15) is 9.59 Å². The summed E-state index contributed by atoms with van der Waals surface area (Å²) in [7, 11) is 0. The molecule has 0 aromatic rings. The van der Waals surface area contributed by atoms with Crippen molar-refractivity contribution in [3.63, 3.8) is 0 Å². The summed E-state index contributed by atoms with van der Waals surface area (Å²) in [5, 5.41) is 12.1. The van der Waals surface area contributed by atoms with Gasteiger partial charge in [0.1, 0.15) is 0 Å². The highest BCUT2D eigenvalue weighted by atomic mass is 16.3. The van der Waals surface area contributed by atoms with Gasteiger partial charge in [0.05, 0.1) is 6.54 Å². The van der Waals surface area contributed by atoms with Gasteiger partial charge in [0, 0.05) is 38.7 Å². The van der Waals surface area contributed by atoms with Gasteiger partial charge < -0.3 is 15.3 Å². The molecule has 2 amide bonds. The Morgan fingerprint density at radius 3 is 2.86 bits per heavy atom. The van der Waals surface area contributed by atoms with E-state index in [1.807, 2.05) is 4.90 Å². The fourth-order valence-electron chi connectivity index (χ4n) is 3.42. The van der Waals surface area contributed by atoms with Crippen LogP contribution in [0.2, 0.25) is 0 Å². The number of hydrogen-bond acceptors (Lipinski definition) is 4. The molecule has 126 valence electrons. The Kier molecular flexibility index (Phi) is 7.12. The molecule has 22 heavy (non-hydrogen) atoms. The largest absolute Gasteiger partial charge is 0.396 e. The summed E-state index contributed by atoms with van der Waals surface area (Å²) in [6.07, 6.45) is 6.60. The molecule has 0 spiro atoms. The van der Waals surface area contributed by atoms with E-state index in [0.717, 1.165) is 51.7 Å². The number of nitrogens with zero attached hydrogens (tertiary/aromatic N) is 2. The summed E-state index contributed by atoms with van der Waals surface area (Å²) in [6.45, 7) is 3.79. The van der Waals surface area contributed by atoms with Gasteiger partial charge in [-0.2, -0.15) is 0 Å². The zero-order chi connectivity index (χ0) is 15.8. The van der Waals surface area contributed by atoms with Crippen LogP contribution in [0.5, 0.6) is 0 Å². The SMILES string of the molecule is O=C(CN1CCCCC1CCO)NCCCN1CCCC1=O. The molecule has 2 N–H and O–H groups in total. The lowest BCUT2D eigenvalue weighted by Crippen LogP contribution is -2.46. The molecular formula is C16H29N3O3. The first kappa shape index (κ1) is 17.2. The number of aliphatic hydroxyl groups is 1. The Balaban J connectivity index is 1.61. The molecule has 0 aliphatic carbocycles. The third-order valence-corrected chi connectivity index (χ3v) is 4.66. The first-order valence-corrected chi connectivity index (χ1v) is 8.60. The second-order valence-corrected chi connectivity index (χ2v) is 6.32. The van der Waals surface area contributed by atoms with E-state index >= 15 is 0 Å². The predicted octanol–water partition coefficient (Wildman–Crippen LogP) is 0.352. The minimum atomic E-state index is 0.0533. The van der Waals surface area contributed by atoms with Crippen LogP contribution in [0, 0.1) is 0 Å². The maximum Gasteiger partial charge on any atom is 0.234 e. The number of carbonyl (C=O) groups is 2. The van der Waals surface area contributed by atoms with Gasteiger partial charge in [0.15, 0.2) is 0 Å². The topological polar surface area (TPSA) is 72.9 Å². The molecule has 2 rings (SSSR count). The summed E-state index contributed by atoms with van der Waals surface area (Å²) in [6, 6.07) is 0.340. The van der Waals surface area contributed by atoms with Crippen molar-refractivity contribution in [3.8, 4) is 0 Å². The van der Waals surface area contributed by atoms with Crippen LogP contribution in [0.25, 0.3) is 0 Å². The van der Waals surface area contributed by atoms with Crippen molar-refractivity contribution in [1.82, 2.24) is 15.1 Å². The van der Waals surface area contributed by atoms with E-state index in [1.165, 1.54) is 6.42 Å². The van der Waals surface area contributed by atoms with Gasteiger partial charge in [-0.15, -0.1) is 0 Å². The molecule has 2 fully saturated rings. The van der Waals surface area contributed by atoms with Gasteiger partial charge >= 0.3 is 0 Å². The van der Waals surface area contributed by atoms with Crippen molar-refractivity contribution >= 4 is 11.8 Å². The molecule has 2 saturated heterocycles. The fraction of sp³-hybridized carbons (Fsp3) is 0.875. The molecule has 2 aliphatic heterocycles. The third-order valence-electron chi connectivity index (χ3n) is 4.66. The lowest BCUT2D eigenvalue weighted by Gasteiger charge is -2.34. The number of aliphatic hydroxyl groups excluding tert-OH is 1. The Bertz CT molecular complexity index is 374. The Labute approximate surface area is 132 Å². The molecular weight excluding hydrogens is 282 g/mol. The molecule has 0 aromatic carbocycles. The van der Waals surface area contributed by atoms with Crippen molar-refractivity contribution in [2.45, 2.75) is 51.0 Å². The molecule has 2 aliphatic rings. The molecule has 1 unspecified atom stereocenters. The van der Waals surface area contributed by atoms with Crippen LogP contribution >= 0.6 is 0 Å². The normalized spacial score (nSPS) is 23.0. The average Bonchev–Trinajstić information content (AvgIpc) is 2.91. The molecule has 0 radical (unpaired) electrons. The maximum absolute atomic E-state index is 12.0. The summed E-state index contributed by atoms with van der Waals surface area (Å²) < 4.78 is 0. The summed E-state index contributed by atoms with van der Waals surface area (Å²) in [5.41, 5.74) is 0. The first-order chi connectivity index (χ1) is 10.7. The minimum absolute atomic E-state index is 0.0533. The number of rotatable bonds is 8. The van der Waals surface area contributed by atoms with Gasteiger partial charge in [-0.3, -0.25) is 14.5 Å². The Morgan fingerprint density at radius 1 is 1.27 bits per heavy atom. The number of amides is 2. The highest BCUT2D eigenvalue weighted by molar-refractivity contribution is 5.78. The molecule has 0 saturated carbocycles. The molecule has 0 aromatic heterocycles. The Morgan fingerprint density at radius 2 is 2.14 bits per heavy atom. The second kappa shape index (κ2) is 9.10. The van der Waals surface area contributed by atoms with Gasteiger partial charge in [0.2, 0.25) is 11.8 Å². The lowest BCUT2D eigenvalue weighted by atomic mass is 10.00. The highest BCUT2D eigenvalue weighted by Gasteiger charge is 2.23. The number of carbonyl (C=O) groups excluding carboxylic acids is 2. The zero-order valence-electron chi connectivity index (χ0n) is 13.4. The second-order valence-electron chi connectivity index (χ2n) is 6.32. The number of hydrogen-bond donors (Lipinski definition) is 2. The molecule has 0 bridgehead atoms. The van der Waals surface area contributed by atoms with Crippen molar-refractivity contribution < 1.29 is 14.7 Å². The van der Waals surface area contributed by atoms with Crippen LogP contribution in [-0.4, -0.2) is 72.1 Å². The monoisotopic (exact) mass is 311 g/mol. The van der Waals surface area contributed by atoms with Crippen molar-refractivity contribution in [3.05, 3.63) is 0 Å². The number of piperidine rings is 1. The van der Waals surface area contributed by atoms with Crippen LogP contribution in [0.15, 0.2) is 0 Å². The van der Waals surface area contributed by atoms with E-state index in [1.54, 1.807) is 0 Å². The number of likely N-dealkylation sites (tertiary alicyclic amines) is 2. The summed E-state index contributed by atoms with van der Waals surface area (Å²) >= 11 is 0. The van der Waals surface area contributed by atoms with E-state index in [-0.39, 0.29) is 18.4 Å². The lowest BCUT2D eigenvalue weighted by molar-refractivity contribution is -0.127. The van der Waals surface area contributed by atoms with E-state index in [0.29, 0.717) is 25.6 Å². The smallest absolute Gasteiger partial charge is 0.234 e. The quantitative estimate of drug-likeness (QED) is 0.635.